The number of hydrogen-bond donors (Lipinski definition) is 1. The summed E-state index contributed by atoms with van der Waals surface area (Å²) >= 11 is 5.87. The van der Waals surface area contributed by atoms with E-state index in [1.165, 1.54) is 6.08 Å². The lowest BCUT2D eigenvalue weighted by molar-refractivity contribution is -0.130. The smallest absolute Gasteiger partial charge is 0.336 e. The maximum Gasteiger partial charge on any atom is 0.336 e. The summed E-state index contributed by atoms with van der Waals surface area (Å²) in [6.45, 7) is 0. The van der Waals surface area contributed by atoms with Crippen molar-refractivity contribution < 1.29 is 14.3 Å². The average Bonchev–Trinajstić information content (AvgIpc) is 3.02. The first-order valence-electron chi connectivity index (χ1n) is 7.00. The minimum atomic E-state index is -0.999. The van der Waals surface area contributed by atoms with E-state index in [2.05, 4.69) is 0 Å². The standard InChI is InChI=1S/C19H13ClO3/c20-15-8-6-14(7-9-15)18-11-10-16(23-18)12-17(19(21)22)13-4-2-1-3-5-13/h1-12H,(H,21,22)/b17-12+. The number of halogens is 1. The highest BCUT2D eigenvalue weighted by Gasteiger charge is 2.12. The molecule has 0 bridgehead atoms. The first-order chi connectivity index (χ1) is 11.1. The predicted octanol–water partition coefficient (Wildman–Crippen LogP) is 5.23. The summed E-state index contributed by atoms with van der Waals surface area (Å²) in [5.41, 5.74) is 1.69. The molecule has 0 saturated heterocycles. The lowest BCUT2D eigenvalue weighted by Gasteiger charge is -2.01. The molecule has 0 atom stereocenters. The molecule has 0 spiro atoms. The quantitative estimate of drug-likeness (QED) is 0.669. The number of benzene rings is 2. The molecule has 4 heteroatoms. The molecule has 3 aromatic rings. The van der Waals surface area contributed by atoms with Crippen LogP contribution >= 0.6 is 11.6 Å². The van der Waals surface area contributed by atoms with Crippen molar-refractivity contribution in [1.82, 2.24) is 0 Å². The Morgan fingerprint density at radius 3 is 2.30 bits per heavy atom. The van der Waals surface area contributed by atoms with E-state index in [0.29, 0.717) is 22.1 Å². The van der Waals surface area contributed by atoms with Crippen molar-refractivity contribution in [3.05, 3.63) is 83.1 Å². The van der Waals surface area contributed by atoms with Crippen LogP contribution in [0.2, 0.25) is 5.02 Å². The molecule has 0 radical (unpaired) electrons. The highest BCUT2D eigenvalue weighted by Crippen LogP contribution is 2.26. The van der Waals surface area contributed by atoms with Crippen LogP contribution in [0.4, 0.5) is 0 Å². The van der Waals surface area contributed by atoms with Crippen LogP contribution in [0.5, 0.6) is 0 Å². The molecule has 0 aliphatic rings. The minimum absolute atomic E-state index is 0.183. The van der Waals surface area contributed by atoms with Crippen molar-refractivity contribution in [2.75, 3.05) is 0 Å². The number of furan rings is 1. The second-order valence-corrected chi connectivity index (χ2v) is 5.37. The molecule has 0 amide bonds. The Morgan fingerprint density at radius 1 is 0.957 bits per heavy atom. The minimum Gasteiger partial charge on any atom is -0.478 e. The van der Waals surface area contributed by atoms with Crippen LogP contribution in [0.3, 0.4) is 0 Å². The molecule has 0 aliphatic carbocycles. The summed E-state index contributed by atoms with van der Waals surface area (Å²) < 4.78 is 5.73. The molecule has 1 aromatic heterocycles. The van der Waals surface area contributed by atoms with Crippen molar-refractivity contribution in [2.24, 2.45) is 0 Å². The number of rotatable bonds is 4. The zero-order valence-corrected chi connectivity index (χ0v) is 12.8. The molecule has 1 N–H and O–H groups in total. The average molecular weight is 325 g/mol. The predicted molar refractivity (Wildman–Crippen MR) is 91.1 cm³/mol. The van der Waals surface area contributed by atoms with Gasteiger partial charge in [-0.15, -0.1) is 0 Å². The van der Waals surface area contributed by atoms with Gasteiger partial charge in [-0.1, -0.05) is 41.9 Å². The zero-order valence-electron chi connectivity index (χ0n) is 12.1. The SMILES string of the molecule is O=C(O)/C(=C/c1ccc(-c2ccc(Cl)cc2)o1)c1ccccc1. The lowest BCUT2D eigenvalue weighted by atomic mass is 10.1. The fourth-order valence-corrected chi connectivity index (χ4v) is 2.35. The molecule has 23 heavy (non-hydrogen) atoms. The Morgan fingerprint density at radius 2 is 1.65 bits per heavy atom. The number of carbonyl (C=O) groups is 1. The fraction of sp³-hybridized carbons (Fsp3) is 0. The Bertz CT molecular complexity index is 846. The molecular formula is C19H13ClO3. The molecule has 2 aromatic carbocycles. The van der Waals surface area contributed by atoms with E-state index in [9.17, 15) is 9.90 Å². The van der Waals surface area contributed by atoms with Crippen molar-refractivity contribution in [2.45, 2.75) is 0 Å². The fourth-order valence-electron chi connectivity index (χ4n) is 2.23. The second kappa shape index (κ2) is 6.55. The summed E-state index contributed by atoms with van der Waals surface area (Å²) in [7, 11) is 0. The summed E-state index contributed by atoms with van der Waals surface area (Å²) in [5, 5.41) is 10.1. The van der Waals surface area contributed by atoms with E-state index in [4.69, 9.17) is 16.0 Å². The van der Waals surface area contributed by atoms with Gasteiger partial charge in [0, 0.05) is 10.6 Å². The number of carboxylic acids is 1. The van der Waals surface area contributed by atoms with Crippen LogP contribution in [0.15, 0.2) is 71.1 Å². The first-order valence-corrected chi connectivity index (χ1v) is 7.37. The van der Waals surface area contributed by atoms with Crippen LogP contribution in [0, 0.1) is 0 Å². The van der Waals surface area contributed by atoms with Crippen molar-refractivity contribution in [3.8, 4) is 11.3 Å². The highest BCUT2D eigenvalue weighted by molar-refractivity contribution is 6.30. The van der Waals surface area contributed by atoms with Gasteiger partial charge in [0.05, 0.1) is 5.57 Å². The van der Waals surface area contributed by atoms with Gasteiger partial charge >= 0.3 is 5.97 Å². The van der Waals surface area contributed by atoms with E-state index >= 15 is 0 Å². The van der Waals surface area contributed by atoms with E-state index < -0.39 is 5.97 Å². The van der Waals surface area contributed by atoms with E-state index in [1.807, 2.05) is 18.2 Å². The molecule has 0 aliphatic heterocycles. The molecule has 0 unspecified atom stereocenters. The number of aliphatic carboxylic acids is 1. The Labute approximate surface area is 138 Å². The third kappa shape index (κ3) is 3.52. The molecule has 3 rings (SSSR count). The summed E-state index contributed by atoms with van der Waals surface area (Å²) in [5.74, 6) is 0.141. The van der Waals surface area contributed by atoms with Gasteiger partial charge in [0.25, 0.3) is 0 Å². The summed E-state index contributed by atoms with van der Waals surface area (Å²) in [4.78, 5) is 11.5. The molecule has 114 valence electrons. The Hall–Kier alpha value is -2.78. The lowest BCUT2D eigenvalue weighted by Crippen LogP contribution is -1.99. The van der Waals surface area contributed by atoms with Gasteiger partial charge in [0.15, 0.2) is 0 Å². The van der Waals surface area contributed by atoms with Crippen LogP contribution in [-0.4, -0.2) is 11.1 Å². The third-order valence-corrected chi connectivity index (χ3v) is 3.61. The Kier molecular flexibility index (Phi) is 4.31. The summed E-state index contributed by atoms with van der Waals surface area (Å²) in [6, 6.07) is 19.8. The van der Waals surface area contributed by atoms with Crippen LogP contribution in [0.1, 0.15) is 11.3 Å². The molecule has 1 heterocycles. The van der Waals surface area contributed by atoms with Gasteiger partial charge in [-0.3, -0.25) is 0 Å². The van der Waals surface area contributed by atoms with E-state index in [1.54, 1.807) is 48.5 Å². The van der Waals surface area contributed by atoms with Gasteiger partial charge in [-0.25, -0.2) is 4.79 Å². The van der Waals surface area contributed by atoms with Crippen LogP contribution in [0.25, 0.3) is 23.0 Å². The largest absolute Gasteiger partial charge is 0.478 e. The van der Waals surface area contributed by atoms with Gasteiger partial charge in [0.2, 0.25) is 0 Å². The van der Waals surface area contributed by atoms with Gasteiger partial charge in [0.1, 0.15) is 11.5 Å². The normalized spacial score (nSPS) is 11.4. The van der Waals surface area contributed by atoms with E-state index in [-0.39, 0.29) is 5.57 Å². The van der Waals surface area contributed by atoms with Crippen LogP contribution in [-0.2, 0) is 4.79 Å². The molecular weight excluding hydrogens is 312 g/mol. The maximum atomic E-state index is 11.5. The van der Waals surface area contributed by atoms with Gasteiger partial charge in [-0.05, 0) is 48.0 Å². The number of carboxylic acid groups (broad SMARTS) is 1. The summed E-state index contributed by atoms with van der Waals surface area (Å²) in [6.07, 6.45) is 1.52. The monoisotopic (exact) mass is 324 g/mol. The number of hydrogen-bond acceptors (Lipinski definition) is 2. The molecule has 3 nitrogen and oxygen atoms in total. The topological polar surface area (TPSA) is 50.4 Å². The zero-order chi connectivity index (χ0) is 16.2. The van der Waals surface area contributed by atoms with Gasteiger partial charge in [-0.2, -0.15) is 0 Å². The maximum absolute atomic E-state index is 11.5. The van der Waals surface area contributed by atoms with Crippen molar-refractivity contribution >= 4 is 29.2 Å². The molecule has 0 saturated carbocycles. The first kappa shape index (κ1) is 15.1. The van der Waals surface area contributed by atoms with Crippen LogP contribution < -0.4 is 0 Å². The third-order valence-electron chi connectivity index (χ3n) is 3.36. The second-order valence-electron chi connectivity index (χ2n) is 4.94. The van der Waals surface area contributed by atoms with E-state index in [0.717, 1.165) is 5.56 Å². The van der Waals surface area contributed by atoms with Gasteiger partial charge < -0.3 is 9.52 Å². The van der Waals surface area contributed by atoms with Crippen molar-refractivity contribution in [1.29, 1.82) is 0 Å². The Balaban J connectivity index is 1.95. The van der Waals surface area contributed by atoms with Crippen molar-refractivity contribution in [3.63, 3.8) is 0 Å². The highest BCUT2D eigenvalue weighted by atomic mass is 35.5. The molecule has 0 fully saturated rings.